The Morgan fingerprint density at radius 2 is 0.907 bits per heavy atom. The van der Waals surface area contributed by atoms with Crippen LogP contribution in [0.15, 0.2) is 153 Å². The van der Waals surface area contributed by atoms with Gasteiger partial charge in [-0.15, -0.1) is 0 Å². The van der Waals surface area contributed by atoms with Crippen LogP contribution in [-0.4, -0.2) is 17.0 Å². The van der Waals surface area contributed by atoms with Gasteiger partial charge < -0.3 is 0 Å². The van der Waals surface area contributed by atoms with E-state index in [1.807, 2.05) is 37.3 Å². The SMILES string of the molecule is CC=C(C)C(C)=[C](C)[Zr]([CH]1C(C)=C(c2cccc3ccccc23)c2ccccc21)[Si](C)(C)/B=C1\C(C)=C(c2cccc3ccccc23)c2c1ccc(-c1c(F)c(F)c(F)c(F)c1F)c2-c1c(F)c(F)c(F)c(F)c1F. The first-order valence-electron chi connectivity index (χ1n) is 24.3. The van der Waals surface area contributed by atoms with E-state index < -0.39 is 106 Å². The fourth-order valence-corrected chi connectivity index (χ4v) is 38.1. The van der Waals surface area contributed by atoms with E-state index >= 15 is 35.1 Å². The summed E-state index contributed by atoms with van der Waals surface area (Å²) >= 11 is -3.34. The zero-order valence-corrected chi connectivity index (χ0v) is 45.5. The molecule has 10 rings (SSSR count). The number of halogens is 10. The molecule has 2 aliphatic carbocycles. The van der Waals surface area contributed by atoms with E-state index in [1.165, 1.54) is 20.5 Å². The van der Waals surface area contributed by atoms with Gasteiger partial charge in [0.25, 0.3) is 0 Å². The molecule has 0 saturated heterocycles. The molecule has 2 aliphatic rings. The summed E-state index contributed by atoms with van der Waals surface area (Å²) in [5, 5.41) is 0.617. The molecule has 0 aliphatic heterocycles. The molecule has 0 bridgehead atoms. The number of rotatable bonds is 9. The van der Waals surface area contributed by atoms with Gasteiger partial charge in [0.2, 0.25) is 0 Å². The molecule has 375 valence electrons. The molecule has 0 aromatic heterocycles. The second-order valence-corrected chi connectivity index (χ2v) is 41.6. The van der Waals surface area contributed by atoms with Gasteiger partial charge >= 0.3 is 440 Å². The molecule has 1 atom stereocenters. The summed E-state index contributed by atoms with van der Waals surface area (Å²) in [5.41, 5.74) is 4.66. The average molecular weight is 1110 g/mol. The Morgan fingerprint density at radius 3 is 1.45 bits per heavy atom. The van der Waals surface area contributed by atoms with Crippen molar-refractivity contribution in [3.05, 3.63) is 245 Å². The molecule has 0 saturated carbocycles. The van der Waals surface area contributed by atoms with Crippen molar-refractivity contribution in [1.29, 1.82) is 0 Å². The van der Waals surface area contributed by atoms with Gasteiger partial charge in [-0.25, -0.2) is 0 Å². The van der Waals surface area contributed by atoms with Crippen LogP contribution in [0.5, 0.6) is 0 Å². The van der Waals surface area contributed by atoms with E-state index in [-0.39, 0.29) is 20.3 Å². The molecular formula is C62H46BF10SiZr. The second-order valence-electron chi connectivity index (χ2n) is 19.8. The maximum absolute atomic E-state index is 16.7. The third-order valence-electron chi connectivity index (χ3n) is 15.4. The Kier molecular flexibility index (Phi) is 13.6. The molecule has 0 heterocycles. The van der Waals surface area contributed by atoms with Crippen molar-refractivity contribution in [3.63, 3.8) is 0 Å². The average Bonchev–Trinajstić information content (AvgIpc) is 3.88. The third kappa shape index (κ3) is 8.17. The predicted molar refractivity (Wildman–Crippen MR) is 283 cm³/mol. The van der Waals surface area contributed by atoms with Gasteiger partial charge in [0.1, 0.15) is 0 Å². The first-order chi connectivity index (χ1) is 35.7. The molecule has 0 radical (unpaired) electrons. The molecule has 0 nitrogen and oxygen atoms in total. The van der Waals surface area contributed by atoms with Gasteiger partial charge in [0.05, 0.1) is 0 Å². The minimum atomic E-state index is -3.34. The fourth-order valence-electron chi connectivity index (χ4n) is 11.7. The van der Waals surface area contributed by atoms with Crippen molar-refractivity contribution in [3.8, 4) is 22.3 Å². The number of fused-ring (bicyclic) bond motifs is 4. The minimum absolute atomic E-state index is 0.00102. The van der Waals surface area contributed by atoms with Crippen LogP contribution in [0.1, 0.15) is 78.5 Å². The molecule has 0 fully saturated rings. The van der Waals surface area contributed by atoms with E-state index in [9.17, 15) is 8.78 Å². The van der Waals surface area contributed by atoms with Gasteiger partial charge in [0.15, 0.2) is 0 Å². The first kappa shape index (κ1) is 52.0. The monoisotopic (exact) mass is 1110 g/mol. The van der Waals surface area contributed by atoms with Crippen LogP contribution >= 0.6 is 0 Å². The predicted octanol–water partition coefficient (Wildman–Crippen LogP) is 17.9. The standard InChI is InChI=1S/C34H18BF10Si.C20H15.C8H13.Zr/c1-13-19(16-10-6-8-14-7-4-5-9-15(14)16)21-18(24(13)35-46(2)3)12-11-17(22-25(36)29(40)33(44)30(41)26(22)37)20(21)23-27(38)31(42)34(45)32(43)28(23)39;1-14-13-16-8-3-5-11-18(16)20(14)19-12-6-9-15-7-2-4-10-17(15)19;1-5-7(3)8(4)6-2;/h4-12H,1-3H3;2-13H,1H3;5H,1-4H3;. The summed E-state index contributed by atoms with van der Waals surface area (Å²) in [6.45, 7) is 19.2. The third-order valence-corrected chi connectivity index (χ3v) is 39.2. The molecule has 1 unspecified atom stereocenters. The molecule has 8 aromatic rings. The summed E-state index contributed by atoms with van der Waals surface area (Å²) in [4.78, 5) is 0. The van der Waals surface area contributed by atoms with Crippen LogP contribution in [0, 0.1) is 58.2 Å². The van der Waals surface area contributed by atoms with Crippen molar-refractivity contribution < 1.29 is 64.8 Å². The van der Waals surface area contributed by atoms with E-state index in [1.54, 1.807) is 37.3 Å². The summed E-state index contributed by atoms with van der Waals surface area (Å²) in [7, 11) is 0. The van der Waals surface area contributed by atoms with Crippen molar-refractivity contribution in [2.24, 2.45) is 0 Å². The van der Waals surface area contributed by atoms with Crippen LogP contribution in [0.2, 0.25) is 13.1 Å². The number of hydrogen-bond acceptors (Lipinski definition) is 0. The molecule has 8 aromatic carbocycles. The van der Waals surface area contributed by atoms with Gasteiger partial charge in [0, 0.05) is 0 Å². The van der Waals surface area contributed by atoms with Crippen molar-refractivity contribution in [1.82, 2.24) is 0 Å². The molecule has 0 amide bonds. The Labute approximate surface area is 437 Å². The van der Waals surface area contributed by atoms with E-state index in [0.717, 1.165) is 44.7 Å². The molecule has 0 N–H and O–H groups in total. The summed E-state index contributed by atoms with van der Waals surface area (Å²) in [5.74, 6) is -23.9. The molecular weight excluding hydrogens is 1060 g/mol. The first-order valence-corrected chi connectivity index (χ1v) is 33.7. The zero-order valence-electron chi connectivity index (χ0n) is 42.1. The van der Waals surface area contributed by atoms with Crippen LogP contribution < -0.4 is 0 Å². The van der Waals surface area contributed by atoms with Crippen LogP contribution in [0.4, 0.5) is 43.9 Å². The van der Waals surface area contributed by atoms with Gasteiger partial charge in [-0.1, -0.05) is 0 Å². The van der Waals surface area contributed by atoms with Crippen LogP contribution in [0.25, 0.3) is 54.9 Å². The normalized spacial score (nSPS) is 15.6. The maximum atomic E-state index is 16.7. The Bertz CT molecular complexity index is 3890. The number of allylic oxidation sites excluding steroid dienone is 6. The van der Waals surface area contributed by atoms with Crippen LogP contribution in [-0.2, 0) is 20.9 Å². The van der Waals surface area contributed by atoms with E-state index in [2.05, 4.69) is 102 Å². The molecule has 75 heavy (non-hydrogen) atoms. The quantitative estimate of drug-likeness (QED) is 0.0444. The van der Waals surface area contributed by atoms with Gasteiger partial charge in [-0.3, -0.25) is 0 Å². The Morgan fingerprint density at radius 1 is 0.467 bits per heavy atom. The van der Waals surface area contributed by atoms with Crippen LogP contribution in [0.3, 0.4) is 0 Å². The van der Waals surface area contributed by atoms with E-state index in [4.69, 9.17) is 0 Å². The summed E-state index contributed by atoms with van der Waals surface area (Å²) in [6.07, 6.45) is 2.08. The second kappa shape index (κ2) is 19.6. The van der Waals surface area contributed by atoms with Crippen molar-refractivity contribution in [2.75, 3.05) is 0 Å². The number of benzene rings is 8. The molecule has 13 heteroatoms. The fraction of sp³-hybridized carbons (Fsp3) is 0.145. The van der Waals surface area contributed by atoms with Crippen molar-refractivity contribution >= 4 is 49.7 Å². The Balaban J connectivity index is 1.34. The zero-order chi connectivity index (χ0) is 53.7. The Hall–Kier alpha value is -6.43. The topological polar surface area (TPSA) is 0 Å². The summed E-state index contributed by atoms with van der Waals surface area (Å²) < 4.78 is 159. The van der Waals surface area contributed by atoms with Gasteiger partial charge in [-0.05, 0) is 0 Å². The van der Waals surface area contributed by atoms with Gasteiger partial charge in [-0.2, -0.15) is 0 Å². The molecule has 0 spiro atoms. The number of hydrogen-bond donors (Lipinski definition) is 0. The van der Waals surface area contributed by atoms with E-state index in [0.29, 0.717) is 27.4 Å². The summed E-state index contributed by atoms with van der Waals surface area (Å²) in [6, 6.07) is 37.8. The van der Waals surface area contributed by atoms with Crippen molar-refractivity contribution in [2.45, 2.75) is 58.3 Å².